The number of hydrogen-bond donors (Lipinski definition) is 1. The Morgan fingerprint density at radius 3 is 2.83 bits per heavy atom. The Morgan fingerprint density at radius 2 is 2.28 bits per heavy atom. The van der Waals surface area contributed by atoms with Crippen molar-refractivity contribution >= 4 is 21.7 Å². The molecule has 0 radical (unpaired) electrons. The van der Waals surface area contributed by atoms with Gasteiger partial charge in [0, 0.05) is 13.0 Å². The van der Waals surface area contributed by atoms with Gasteiger partial charge in [-0.3, -0.25) is 9.69 Å². The first-order chi connectivity index (χ1) is 8.43. The van der Waals surface area contributed by atoms with Crippen molar-refractivity contribution < 1.29 is 13.2 Å². The summed E-state index contributed by atoms with van der Waals surface area (Å²) >= 11 is 0. The molecular formula is C9H9N5O3S. The van der Waals surface area contributed by atoms with E-state index < -0.39 is 21.2 Å². The number of nitriles is 1. The van der Waals surface area contributed by atoms with Crippen LogP contribution >= 0.6 is 0 Å². The van der Waals surface area contributed by atoms with Gasteiger partial charge in [0.05, 0.1) is 6.20 Å². The van der Waals surface area contributed by atoms with Crippen molar-refractivity contribution in [3.63, 3.8) is 0 Å². The summed E-state index contributed by atoms with van der Waals surface area (Å²) in [5, 5.41) is 12.9. The number of carbonyl (C=O) groups is 1. The van der Waals surface area contributed by atoms with E-state index in [1.807, 2.05) is 6.07 Å². The normalized spacial score (nSPS) is 19.9. The maximum absolute atomic E-state index is 11.7. The van der Waals surface area contributed by atoms with Crippen LogP contribution in [0.1, 0.15) is 12.0 Å². The van der Waals surface area contributed by atoms with Crippen LogP contribution in [0, 0.1) is 11.3 Å². The Bertz CT molecular complexity index is 636. The van der Waals surface area contributed by atoms with Gasteiger partial charge in [-0.05, 0) is 0 Å². The summed E-state index contributed by atoms with van der Waals surface area (Å²) < 4.78 is 22.4. The second-order valence-electron chi connectivity index (χ2n) is 3.79. The molecule has 0 spiro atoms. The van der Waals surface area contributed by atoms with Gasteiger partial charge in [-0.2, -0.15) is 5.26 Å². The second kappa shape index (κ2) is 4.32. The number of primary sulfonamides is 1. The topological polar surface area (TPSA) is 130 Å². The molecular weight excluding hydrogens is 258 g/mol. The average molecular weight is 267 g/mol. The summed E-state index contributed by atoms with van der Waals surface area (Å²) in [6.07, 6.45) is 2.25. The van der Waals surface area contributed by atoms with E-state index in [9.17, 15) is 13.2 Å². The Morgan fingerprint density at radius 1 is 1.56 bits per heavy atom. The van der Waals surface area contributed by atoms with Gasteiger partial charge in [0.1, 0.15) is 23.2 Å². The van der Waals surface area contributed by atoms with Gasteiger partial charge in [-0.15, -0.1) is 0 Å². The van der Waals surface area contributed by atoms with E-state index in [1.165, 1.54) is 12.5 Å². The molecule has 94 valence electrons. The molecule has 1 atom stereocenters. The molecule has 2 heterocycles. The first-order valence-corrected chi connectivity index (χ1v) is 6.56. The fraction of sp³-hybridized carbons (Fsp3) is 0.333. The van der Waals surface area contributed by atoms with Gasteiger partial charge in [-0.25, -0.2) is 23.5 Å². The van der Waals surface area contributed by atoms with Crippen LogP contribution in [-0.4, -0.2) is 36.1 Å². The van der Waals surface area contributed by atoms with Crippen molar-refractivity contribution in [2.45, 2.75) is 11.7 Å². The third kappa shape index (κ3) is 2.15. The number of aromatic nitrogens is 2. The quantitative estimate of drug-likeness (QED) is 0.711. The molecule has 0 aliphatic carbocycles. The van der Waals surface area contributed by atoms with Gasteiger partial charge in [-0.1, -0.05) is 0 Å². The van der Waals surface area contributed by atoms with Gasteiger partial charge in [0.25, 0.3) is 0 Å². The maximum Gasteiger partial charge on any atom is 0.229 e. The fourth-order valence-corrected chi connectivity index (χ4v) is 2.45. The van der Waals surface area contributed by atoms with E-state index in [4.69, 9.17) is 10.4 Å². The molecule has 2 N–H and O–H groups in total. The summed E-state index contributed by atoms with van der Waals surface area (Å²) in [6.45, 7) is -0.0939. The number of amides is 1. The van der Waals surface area contributed by atoms with E-state index in [0.29, 0.717) is 0 Å². The number of anilines is 1. The molecule has 1 amide bonds. The molecule has 0 bridgehead atoms. The molecule has 1 aromatic rings. The minimum Gasteiger partial charge on any atom is -0.294 e. The highest BCUT2D eigenvalue weighted by molar-refractivity contribution is 7.89. The monoisotopic (exact) mass is 267 g/mol. The Hall–Kier alpha value is -2.05. The lowest BCUT2D eigenvalue weighted by atomic mass is 10.3. The van der Waals surface area contributed by atoms with Crippen LogP contribution in [-0.2, 0) is 14.8 Å². The molecule has 8 nitrogen and oxygen atoms in total. The number of nitrogens with two attached hydrogens (primary N) is 1. The highest BCUT2D eigenvalue weighted by Gasteiger charge is 2.38. The lowest BCUT2D eigenvalue weighted by molar-refractivity contribution is -0.117. The largest absolute Gasteiger partial charge is 0.294 e. The smallest absolute Gasteiger partial charge is 0.229 e. The molecule has 18 heavy (non-hydrogen) atoms. The first kappa shape index (κ1) is 12.4. The van der Waals surface area contributed by atoms with Crippen molar-refractivity contribution in [2.75, 3.05) is 11.4 Å². The van der Waals surface area contributed by atoms with Crippen LogP contribution in [0.15, 0.2) is 12.5 Å². The standard InChI is InChI=1S/C9H9N5O3S/c10-2-6-3-12-5-13-9(6)14-4-7(1-8(14)15)18(11,16)17/h3,5,7H,1,4H2,(H2,11,16,17). The van der Waals surface area contributed by atoms with E-state index in [1.54, 1.807) is 0 Å². The zero-order valence-electron chi connectivity index (χ0n) is 9.15. The number of carbonyl (C=O) groups excluding carboxylic acids is 1. The number of hydrogen-bond acceptors (Lipinski definition) is 6. The molecule has 1 unspecified atom stereocenters. The zero-order chi connectivity index (χ0) is 13.3. The Balaban J connectivity index is 2.37. The van der Waals surface area contributed by atoms with Gasteiger partial charge in [0.15, 0.2) is 5.82 Å². The Kier molecular flexibility index (Phi) is 2.98. The van der Waals surface area contributed by atoms with Crippen molar-refractivity contribution in [2.24, 2.45) is 5.14 Å². The fourth-order valence-electron chi connectivity index (χ4n) is 1.72. The highest BCUT2D eigenvalue weighted by atomic mass is 32.2. The third-order valence-electron chi connectivity index (χ3n) is 2.62. The van der Waals surface area contributed by atoms with E-state index >= 15 is 0 Å². The van der Waals surface area contributed by atoms with E-state index in [0.717, 1.165) is 4.90 Å². The lowest BCUT2D eigenvalue weighted by Gasteiger charge is -2.15. The molecule has 0 aromatic carbocycles. The third-order valence-corrected chi connectivity index (χ3v) is 3.87. The summed E-state index contributed by atoms with van der Waals surface area (Å²) in [6, 6.07) is 1.85. The minimum absolute atomic E-state index is 0.0939. The minimum atomic E-state index is -3.78. The van der Waals surface area contributed by atoms with Crippen LogP contribution in [0.3, 0.4) is 0 Å². The van der Waals surface area contributed by atoms with Crippen LogP contribution in [0.25, 0.3) is 0 Å². The lowest BCUT2D eigenvalue weighted by Crippen LogP contribution is -2.32. The van der Waals surface area contributed by atoms with E-state index in [2.05, 4.69) is 9.97 Å². The van der Waals surface area contributed by atoms with Gasteiger partial charge < -0.3 is 0 Å². The van der Waals surface area contributed by atoms with Crippen LogP contribution in [0.2, 0.25) is 0 Å². The first-order valence-electron chi connectivity index (χ1n) is 4.95. The van der Waals surface area contributed by atoms with Crippen LogP contribution in [0.4, 0.5) is 5.82 Å². The Labute approximate surface area is 103 Å². The summed E-state index contributed by atoms with van der Waals surface area (Å²) in [4.78, 5) is 20.4. The van der Waals surface area contributed by atoms with E-state index in [-0.39, 0.29) is 24.3 Å². The summed E-state index contributed by atoms with van der Waals surface area (Å²) in [5.41, 5.74) is 0.112. The summed E-state index contributed by atoms with van der Waals surface area (Å²) in [7, 11) is -3.78. The van der Waals surface area contributed by atoms with Crippen molar-refractivity contribution in [1.29, 1.82) is 5.26 Å². The van der Waals surface area contributed by atoms with Crippen LogP contribution in [0.5, 0.6) is 0 Å². The summed E-state index contributed by atoms with van der Waals surface area (Å²) in [5.74, 6) is -0.312. The highest BCUT2D eigenvalue weighted by Crippen LogP contribution is 2.24. The molecule has 9 heteroatoms. The zero-order valence-corrected chi connectivity index (χ0v) is 9.96. The molecule has 1 saturated heterocycles. The number of nitrogens with zero attached hydrogens (tertiary/aromatic N) is 4. The second-order valence-corrected chi connectivity index (χ2v) is 5.64. The number of sulfonamides is 1. The average Bonchev–Trinajstić information content (AvgIpc) is 2.71. The van der Waals surface area contributed by atoms with Crippen molar-refractivity contribution in [3.05, 3.63) is 18.1 Å². The molecule has 2 rings (SSSR count). The molecule has 1 aliphatic rings. The number of rotatable bonds is 2. The van der Waals surface area contributed by atoms with Gasteiger partial charge >= 0.3 is 0 Å². The maximum atomic E-state index is 11.7. The molecule has 1 fully saturated rings. The predicted molar refractivity (Wildman–Crippen MR) is 60.6 cm³/mol. The van der Waals surface area contributed by atoms with Crippen LogP contribution < -0.4 is 10.0 Å². The predicted octanol–water partition coefficient (Wildman–Crippen LogP) is -1.26. The molecule has 0 saturated carbocycles. The van der Waals surface area contributed by atoms with Crippen molar-refractivity contribution in [1.82, 2.24) is 9.97 Å². The molecule has 1 aromatic heterocycles. The van der Waals surface area contributed by atoms with Gasteiger partial charge in [0.2, 0.25) is 15.9 Å². The van der Waals surface area contributed by atoms with Crippen molar-refractivity contribution in [3.8, 4) is 6.07 Å². The SMILES string of the molecule is N#Cc1cncnc1N1CC(S(N)(=O)=O)CC1=O. The molecule has 1 aliphatic heterocycles.